The highest BCUT2D eigenvalue weighted by atomic mass is 16.5. The molecule has 0 spiro atoms. The van der Waals surface area contributed by atoms with Gasteiger partial charge in [-0.2, -0.15) is 0 Å². The van der Waals surface area contributed by atoms with Crippen LogP contribution >= 0.6 is 0 Å². The fraction of sp³-hybridized carbons (Fsp3) is 0.700. The molecule has 0 amide bonds. The molecule has 1 aromatic rings. The second-order valence-electron chi connectivity index (χ2n) is 7.55. The Morgan fingerprint density at radius 2 is 2.09 bits per heavy atom. The maximum Gasteiger partial charge on any atom is 0.122 e. The lowest BCUT2D eigenvalue weighted by molar-refractivity contribution is 0.0895. The maximum atomic E-state index is 5.59. The summed E-state index contributed by atoms with van der Waals surface area (Å²) < 4.78 is 5.59. The van der Waals surface area contributed by atoms with Crippen LogP contribution in [-0.4, -0.2) is 25.1 Å². The second-order valence-corrected chi connectivity index (χ2v) is 7.55. The van der Waals surface area contributed by atoms with Crippen molar-refractivity contribution in [1.82, 2.24) is 4.90 Å². The molecule has 0 bridgehead atoms. The van der Waals surface area contributed by atoms with Crippen LogP contribution in [0.2, 0.25) is 0 Å². The minimum absolute atomic E-state index is 0.656. The van der Waals surface area contributed by atoms with Crippen LogP contribution in [0.5, 0.6) is 5.75 Å². The SMILES string of the molecule is CCc1cc2c(cc1OC)CCN1CC(CC(C)C)CCC21. The first-order chi connectivity index (χ1) is 10.6. The second kappa shape index (κ2) is 6.62. The Balaban J connectivity index is 1.82. The highest BCUT2D eigenvalue weighted by Crippen LogP contribution is 2.41. The van der Waals surface area contributed by atoms with Gasteiger partial charge in [-0.1, -0.05) is 26.8 Å². The molecule has 0 saturated carbocycles. The fourth-order valence-electron chi connectivity index (χ4n) is 4.53. The van der Waals surface area contributed by atoms with Crippen LogP contribution in [0.1, 0.15) is 62.8 Å². The van der Waals surface area contributed by atoms with Crippen LogP contribution in [0.15, 0.2) is 12.1 Å². The number of benzene rings is 1. The Bertz CT molecular complexity index is 523. The summed E-state index contributed by atoms with van der Waals surface area (Å²) in [6.45, 7) is 9.47. The molecular weight excluding hydrogens is 270 g/mol. The Morgan fingerprint density at radius 3 is 2.77 bits per heavy atom. The summed E-state index contributed by atoms with van der Waals surface area (Å²) in [5.74, 6) is 2.82. The summed E-state index contributed by atoms with van der Waals surface area (Å²) >= 11 is 0. The highest BCUT2D eigenvalue weighted by Gasteiger charge is 2.33. The standard InChI is InChI=1S/C20H31NO/c1-5-16-11-18-17(12-20(16)22-4)8-9-21-13-15(10-14(2)3)6-7-19(18)21/h11-12,14-15,19H,5-10,13H2,1-4H3. The predicted molar refractivity (Wildman–Crippen MR) is 92.6 cm³/mol. The molecule has 2 aliphatic heterocycles. The van der Waals surface area contributed by atoms with Gasteiger partial charge in [0.15, 0.2) is 0 Å². The summed E-state index contributed by atoms with van der Waals surface area (Å²) in [4.78, 5) is 2.75. The van der Waals surface area contributed by atoms with Crippen LogP contribution in [-0.2, 0) is 12.8 Å². The molecule has 0 N–H and O–H groups in total. The van der Waals surface area contributed by atoms with Gasteiger partial charge < -0.3 is 4.74 Å². The van der Waals surface area contributed by atoms with E-state index < -0.39 is 0 Å². The molecule has 2 unspecified atom stereocenters. The molecule has 2 heterocycles. The number of hydrogen-bond acceptors (Lipinski definition) is 2. The summed E-state index contributed by atoms with van der Waals surface area (Å²) in [7, 11) is 1.80. The highest BCUT2D eigenvalue weighted by molar-refractivity contribution is 5.45. The number of aryl methyl sites for hydroxylation is 1. The van der Waals surface area contributed by atoms with Crippen molar-refractivity contribution < 1.29 is 4.74 Å². The lowest BCUT2D eigenvalue weighted by Gasteiger charge is -2.44. The van der Waals surface area contributed by atoms with Crippen molar-refractivity contribution in [3.63, 3.8) is 0 Å². The summed E-state index contributed by atoms with van der Waals surface area (Å²) in [5, 5.41) is 0. The van der Waals surface area contributed by atoms with E-state index in [4.69, 9.17) is 4.74 Å². The number of rotatable bonds is 4. The van der Waals surface area contributed by atoms with E-state index in [9.17, 15) is 0 Å². The first-order valence-corrected chi connectivity index (χ1v) is 9.06. The maximum absolute atomic E-state index is 5.59. The normalized spacial score (nSPS) is 25.0. The number of piperidine rings is 1. The molecule has 2 nitrogen and oxygen atoms in total. The van der Waals surface area contributed by atoms with Gasteiger partial charge in [-0.3, -0.25) is 4.90 Å². The first kappa shape index (κ1) is 15.9. The third-order valence-electron chi connectivity index (χ3n) is 5.54. The van der Waals surface area contributed by atoms with E-state index in [2.05, 4.69) is 37.8 Å². The number of methoxy groups -OCH3 is 1. The smallest absolute Gasteiger partial charge is 0.122 e. The van der Waals surface area contributed by atoms with E-state index in [0.717, 1.165) is 24.0 Å². The average molecular weight is 301 g/mol. The largest absolute Gasteiger partial charge is 0.496 e. The molecule has 1 aromatic carbocycles. The van der Waals surface area contributed by atoms with E-state index in [0.29, 0.717) is 6.04 Å². The lowest BCUT2D eigenvalue weighted by Crippen LogP contribution is -2.42. The first-order valence-electron chi connectivity index (χ1n) is 9.06. The number of hydrogen-bond donors (Lipinski definition) is 0. The average Bonchev–Trinajstić information content (AvgIpc) is 2.52. The van der Waals surface area contributed by atoms with Crippen molar-refractivity contribution in [1.29, 1.82) is 0 Å². The quantitative estimate of drug-likeness (QED) is 0.805. The number of ether oxygens (including phenoxy) is 1. The molecule has 1 fully saturated rings. The zero-order chi connectivity index (χ0) is 15.7. The Labute approximate surface area is 135 Å². The minimum Gasteiger partial charge on any atom is -0.496 e. The van der Waals surface area contributed by atoms with Crippen LogP contribution < -0.4 is 4.74 Å². The van der Waals surface area contributed by atoms with Gasteiger partial charge in [0.1, 0.15) is 5.75 Å². The third-order valence-corrected chi connectivity index (χ3v) is 5.54. The van der Waals surface area contributed by atoms with Crippen molar-refractivity contribution in [2.45, 2.75) is 58.9 Å². The minimum atomic E-state index is 0.656. The van der Waals surface area contributed by atoms with Crippen molar-refractivity contribution in [3.8, 4) is 5.75 Å². The van der Waals surface area contributed by atoms with Crippen LogP contribution in [0.25, 0.3) is 0 Å². The van der Waals surface area contributed by atoms with Gasteiger partial charge >= 0.3 is 0 Å². The van der Waals surface area contributed by atoms with E-state index in [1.807, 2.05) is 0 Å². The Hall–Kier alpha value is -1.02. The molecule has 0 radical (unpaired) electrons. The fourth-order valence-corrected chi connectivity index (χ4v) is 4.53. The zero-order valence-electron chi connectivity index (χ0n) is 14.7. The van der Waals surface area contributed by atoms with Gasteiger partial charge in [-0.05, 0) is 66.7 Å². The van der Waals surface area contributed by atoms with Gasteiger partial charge in [0.2, 0.25) is 0 Å². The molecule has 0 aliphatic carbocycles. The van der Waals surface area contributed by atoms with Gasteiger partial charge in [-0.15, -0.1) is 0 Å². The summed E-state index contributed by atoms with van der Waals surface area (Å²) in [5.41, 5.74) is 4.48. The molecule has 1 saturated heterocycles. The van der Waals surface area contributed by atoms with E-state index in [-0.39, 0.29) is 0 Å². The van der Waals surface area contributed by atoms with Gasteiger partial charge in [0, 0.05) is 19.1 Å². The van der Waals surface area contributed by atoms with Crippen molar-refractivity contribution in [3.05, 3.63) is 28.8 Å². The Morgan fingerprint density at radius 1 is 1.27 bits per heavy atom. The molecule has 3 rings (SSSR count). The zero-order valence-corrected chi connectivity index (χ0v) is 14.7. The predicted octanol–water partition coefficient (Wildman–Crippen LogP) is 4.61. The van der Waals surface area contributed by atoms with E-state index >= 15 is 0 Å². The van der Waals surface area contributed by atoms with Gasteiger partial charge in [0.25, 0.3) is 0 Å². The number of fused-ring (bicyclic) bond motifs is 3. The molecule has 0 aromatic heterocycles. The van der Waals surface area contributed by atoms with Gasteiger partial charge in [-0.25, -0.2) is 0 Å². The van der Waals surface area contributed by atoms with E-state index in [1.54, 1.807) is 12.7 Å². The molecular formula is C20H31NO. The molecule has 2 atom stereocenters. The van der Waals surface area contributed by atoms with Gasteiger partial charge in [0.05, 0.1) is 7.11 Å². The van der Waals surface area contributed by atoms with Crippen LogP contribution in [0, 0.1) is 11.8 Å². The molecule has 2 heteroatoms. The molecule has 2 aliphatic rings. The van der Waals surface area contributed by atoms with Crippen LogP contribution in [0.3, 0.4) is 0 Å². The summed E-state index contributed by atoms with van der Waals surface area (Å²) in [6.07, 6.45) is 6.35. The molecule has 122 valence electrons. The third kappa shape index (κ3) is 3.03. The monoisotopic (exact) mass is 301 g/mol. The van der Waals surface area contributed by atoms with E-state index in [1.165, 1.54) is 49.9 Å². The van der Waals surface area contributed by atoms with Crippen molar-refractivity contribution in [2.75, 3.05) is 20.2 Å². The van der Waals surface area contributed by atoms with Crippen molar-refractivity contribution in [2.24, 2.45) is 11.8 Å². The summed E-state index contributed by atoms with van der Waals surface area (Å²) in [6, 6.07) is 5.41. The van der Waals surface area contributed by atoms with Crippen LogP contribution in [0.4, 0.5) is 0 Å². The van der Waals surface area contributed by atoms with Crippen molar-refractivity contribution >= 4 is 0 Å². The molecule has 22 heavy (non-hydrogen) atoms. The lowest BCUT2D eigenvalue weighted by atomic mass is 9.80. The Kier molecular flexibility index (Phi) is 4.77. The number of nitrogens with zero attached hydrogens (tertiary/aromatic N) is 1. The topological polar surface area (TPSA) is 12.5 Å².